The molecular weight excluding hydrogens is 276 g/mol. The van der Waals surface area contributed by atoms with E-state index in [9.17, 15) is 4.79 Å². The van der Waals surface area contributed by atoms with Gasteiger partial charge in [-0.05, 0) is 12.1 Å². The van der Waals surface area contributed by atoms with Gasteiger partial charge in [-0.25, -0.2) is 9.67 Å². The van der Waals surface area contributed by atoms with Crippen LogP contribution < -0.4 is 5.56 Å². The van der Waals surface area contributed by atoms with Crippen molar-refractivity contribution in [2.75, 3.05) is 0 Å². The summed E-state index contributed by atoms with van der Waals surface area (Å²) in [6, 6.07) is 5.30. The van der Waals surface area contributed by atoms with Crippen molar-refractivity contribution in [3.63, 3.8) is 0 Å². The number of rotatable bonds is 1. The molecule has 0 aliphatic carbocycles. The first-order valence-electron chi connectivity index (χ1n) is 5.78. The highest BCUT2D eigenvalue weighted by Gasteiger charge is 2.13. The van der Waals surface area contributed by atoms with Crippen molar-refractivity contribution in [1.82, 2.24) is 19.3 Å². The number of hydrogen-bond donors (Lipinski definition) is 0. The van der Waals surface area contributed by atoms with Crippen LogP contribution in [0.1, 0.15) is 5.56 Å². The lowest BCUT2D eigenvalue weighted by Gasteiger charge is -2.07. The maximum Gasteiger partial charge on any atom is 0.264 e. The Morgan fingerprint density at radius 1 is 1.40 bits per heavy atom. The highest BCUT2D eigenvalue weighted by molar-refractivity contribution is 6.33. The molecule has 0 N–H and O–H groups in total. The number of nitrogens with zero attached hydrogens (tertiary/aromatic N) is 4. The summed E-state index contributed by atoms with van der Waals surface area (Å²) in [7, 11) is 1.64. The Morgan fingerprint density at radius 2 is 2.20 bits per heavy atom. The second-order valence-electron chi connectivity index (χ2n) is 4.24. The molecule has 0 radical (unpaired) electrons. The molecule has 0 fully saturated rings. The van der Waals surface area contributed by atoms with E-state index in [0.717, 1.165) is 0 Å². The molecule has 6 heteroatoms. The fourth-order valence-electron chi connectivity index (χ4n) is 1.97. The highest BCUT2D eigenvalue weighted by atomic mass is 35.5. The van der Waals surface area contributed by atoms with E-state index in [4.69, 9.17) is 18.0 Å². The van der Waals surface area contributed by atoms with Gasteiger partial charge in [0, 0.05) is 12.6 Å². The van der Waals surface area contributed by atoms with Crippen LogP contribution in [0.3, 0.4) is 0 Å². The predicted octanol–water partition coefficient (Wildman–Crippen LogP) is 1.75. The molecule has 0 bridgehead atoms. The zero-order valence-corrected chi connectivity index (χ0v) is 11.3. The quantitative estimate of drug-likeness (QED) is 0.640. The lowest BCUT2D eigenvalue weighted by Crippen LogP contribution is -2.16. The van der Waals surface area contributed by atoms with Crippen molar-refractivity contribution in [2.45, 2.75) is 0 Å². The molecule has 98 valence electrons. The molecule has 3 rings (SSSR count). The van der Waals surface area contributed by atoms with Crippen LogP contribution >= 0.6 is 11.6 Å². The minimum atomic E-state index is -0.162. The number of halogens is 1. The summed E-state index contributed by atoms with van der Waals surface area (Å²) < 4.78 is 2.91. The molecule has 0 aliphatic rings. The van der Waals surface area contributed by atoms with Crippen LogP contribution in [0, 0.1) is 12.3 Å². The molecule has 1 aromatic carbocycles. The molecule has 5 nitrogen and oxygen atoms in total. The summed E-state index contributed by atoms with van der Waals surface area (Å²) in [5, 5.41) is 5.02. The van der Waals surface area contributed by atoms with E-state index in [1.54, 1.807) is 25.2 Å². The molecule has 0 saturated carbocycles. The van der Waals surface area contributed by atoms with Gasteiger partial charge in [0.25, 0.3) is 5.56 Å². The average molecular weight is 285 g/mol. The molecule has 0 amide bonds. The summed E-state index contributed by atoms with van der Waals surface area (Å²) in [5.41, 5.74) is 1.45. The summed E-state index contributed by atoms with van der Waals surface area (Å²) >= 11 is 6.26. The Balaban J connectivity index is 2.35. The Bertz CT molecular complexity index is 917. The van der Waals surface area contributed by atoms with E-state index in [-0.39, 0.29) is 5.56 Å². The summed E-state index contributed by atoms with van der Waals surface area (Å²) in [4.78, 5) is 16.2. The van der Waals surface area contributed by atoms with Gasteiger partial charge < -0.3 is 4.57 Å². The van der Waals surface area contributed by atoms with Crippen molar-refractivity contribution in [2.24, 2.45) is 7.05 Å². The average Bonchev–Trinajstić information content (AvgIpc) is 2.87. The van der Waals surface area contributed by atoms with Crippen molar-refractivity contribution in [1.29, 1.82) is 0 Å². The number of benzene rings is 1. The molecule has 0 unspecified atom stereocenters. The first kappa shape index (κ1) is 12.5. The van der Waals surface area contributed by atoms with Crippen molar-refractivity contribution in [3.05, 3.63) is 51.7 Å². The molecule has 2 heterocycles. The van der Waals surface area contributed by atoms with Crippen LogP contribution in [0.25, 0.3) is 16.7 Å². The van der Waals surface area contributed by atoms with Crippen LogP contribution in [-0.2, 0) is 7.05 Å². The maximum atomic E-state index is 12.0. The smallest absolute Gasteiger partial charge is 0.264 e. The van der Waals surface area contributed by atoms with Gasteiger partial charge >= 0.3 is 0 Å². The van der Waals surface area contributed by atoms with Crippen LogP contribution in [0.2, 0.25) is 5.02 Å². The normalized spacial score (nSPS) is 10.7. The van der Waals surface area contributed by atoms with Gasteiger partial charge in [0.2, 0.25) is 0 Å². The van der Waals surface area contributed by atoms with E-state index in [1.807, 2.05) is 0 Å². The number of aryl methyl sites for hydroxylation is 1. The maximum absolute atomic E-state index is 12.0. The van der Waals surface area contributed by atoms with Crippen molar-refractivity contribution in [3.8, 4) is 18.0 Å². The highest BCUT2D eigenvalue weighted by Crippen LogP contribution is 2.25. The van der Waals surface area contributed by atoms with Gasteiger partial charge in [-0.15, -0.1) is 6.42 Å². The molecule has 0 saturated heterocycles. The minimum Gasteiger partial charge on any atom is -0.302 e. The van der Waals surface area contributed by atoms with Crippen LogP contribution in [0.5, 0.6) is 0 Å². The van der Waals surface area contributed by atoms with Crippen molar-refractivity contribution < 1.29 is 0 Å². The van der Waals surface area contributed by atoms with Gasteiger partial charge in [0.1, 0.15) is 5.39 Å². The zero-order chi connectivity index (χ0) is 14.3. The SMILES string of the molecule is C#Cc1cccc(-n2ncc3c(=O)n(C)cnc32)c1Cl. The van der Waals surface area contributed by atoms with Crippen LogP contribution in [0.15, 0.2) is 35.5 Å². The third-order valence-electron chi connectivity index (χ3n) is 3.01. The van der Waals surface area contributed by atoms with Crippen LogP contribution in [0.4, 0.5) is 0 Å². The topological polar surface area (TPSA) is 52.7 Å². The first-order valence-corrected chi connectivity index (χ1v) is 6.16. The number of hydrogen-bond acceptors (Lipinski definition) is 3. The standard InChI is InChI=1S/C14H9ClN4O/c1-3-9-5-4-6-11(12(9)15)19-13-10(7-17-19)14(20)18(2)8-16-13/h1,4-8H,2H3. The largest absolute Gasteiger partial charge is 0.302 e. The monoisotopic (exact) mass is 284 g/mol. The van der Waals surface area contributed by atoms with Crippen LogP contribution in [-0.4, -0.2) is 19.3 Å². The lowest BCUT2D eigenvalue weighted by molar-refractivity contribution is 0.831. The minimum absolute atomic E-state index is 0.162. The Hall–Kier alpha value is -2.58. The predicted molar refractivity (Wildman–Crippen MR) is 77.1 cm³/mol. The van der Waals surface area contributed by atoms with Gasteiger partial charge in [-0.1, -0.05) is 23.6 Å². The molecule has 3 aromatic rings. The molecule has 20 heavy (non-hydrogen) atoms. The summed E-state index contributed by atoms with van der Waals surface area (Å²) in [5.74, 6) is 2.51. The Kier molecular flexibility index (Phi) is 2.81. The number of fused-ring (bicyclic) bond motifs is 1. The summed E-state index contributed by atoms with van der Waals surface area (Å²) in [6.45, 7) is 0. The van der Waals surface area contributed by atoms with E-state index in [2.05, 4.69) is 16.0 Å². The number of terminal acetylenes is 1. The first-order chi connectivity index (χ1) is 9.63. The second kappa shape index (κ2) is 4.51. The number of aromatic nitrogens is 4. The van der Waals surface area contributed by atoms with Gasteiger partial charge in [-0.3, -0.25) is 4.79 Å². The fourth-order valence-corrected chi connectivity index (χ4v) is 2.23. The Morgan fingerprint density at radius 3 is 2.95 bits per heavy atom. The van der Waals surface area contributed by atoms with E-state index < -0.39 is 0 Å². The molecule has 0 spiro atoms. The molecule has 0 atom stereocenters. The van der Waals surface area contributed by atoms with Crippen molar-refractivity contribution >= 4 is 22.6 Å². The Labute approximate surface area is 119 Å². The summed E-state index contributed by atoms with van der Waals surface area (Å²) in [6.07, 6.45) is 8.32. The lowest BCUT2D eigenvalue weighted by atomic mass is 10.2. The van der Waals surface area contributed by atoms with E-state index >= 15 is 0 Å². The third-order valence-corrected chi connectivity index (χ3v) is 3.41. The molecule has 2 aromatic heterocycles. The zero-order valence-electron chi connectivity index (χ0n) is 10.5. The second-order valence-corrected chi connectivity index (χ2v) is 4.62. The fraction of sp³-hybridized carbons (Fsp3) is 0.0714. The molecule has 0 aliphatic heterocycles. The van der Waals surface area contributed by atoms with E-state index in [1.165, 1.54) is 21.8 Å². The molecular formula is C14H9ClN4O. The van der Waals surface area contributed by atoms with Gasteiger partial charge in [0.05, 0.1) is 23.2 Å². The third kappa shape index (κ3) is 1.70. The van der Waals surface area contributed by atoms with Gasteiger partial charge in [0.15, 0.2) is 5.65 Å². The van der Waals surface area contributed by atoms with Gasteiger partial charge in [-0.2, -0.15) is 5.10 Å². The van der Waals surface area contributed by atoms with E-state index in [0.29, 0.717) is 27.3 Å².